The summed E-state index contributed by atoms with van der Waals surface area (Å²) in [5.41, 5.74) is 2.25. The van der Waals surface area contributed by atoms with Crippen LogP contribution in [-0.4, -0.2) is 52.0 Å². The summed E-state index contributed by atoms with van der Waals surface area (Å²) in [7, 11) is 3.32. The minimum atomic E-state index is 0.760. The molecule has 0 aromatic heterocycles. The predicted molar refractivity (Wildman–Crippen MR) is 77.2 cm³/mol. The number of hydrogen-bond acceptors (Lipinski definition) is 5. The number of benzene rings is 1. The van der Waals surface area contributed by atoms with E-state index in [-0.39, 0.29) is 0 Å². The van der Waals surface area contributed by atoms with Gasteiger partial charge in [-0.15, -0.1) is 0 Å². The summed E-state index contributed by atoms with van der Waals surface area (Å²) in [6, 6.07) is 4.00. The molecule has 0 atom stereocenters. The highest BCUT2D eigenvalue weighted by Crippen LogP contribution is 2.32. The van der Waals surface area contributed by atoms with Crippen molar-refractivity contribution >= 4 is 5.69 Å². The summed E-state index contributed by atoms with van der Waals surface area (Å²) in [5, 5.41) is 6.82. The molecule has 0 spiro atoms. The Labute approximate surface area is 114 Å². The van der Waals surface area contributed by atoms with Crippen LogP contribution in [0.1, 0.15) is 5.56 Å². The van der Waals surface area contributed by atoms with E-state index in [1.54, 1.807) is 14.2 Å². The molecule has 19 heavy (non-hydrogen) atoms. The third-order valence-electron chi connectivity index (χ3n) is 3.43. The molecule has 1 aliphatic rings. The number of ether oxygens (including phenoxy) is 2. The van der Waals surface area contributed by atoms with E-state index in [4.69, 9.17) is 9.47 Å². The Morgan fingerprint density at radius 2 is 1.79 bits per heavy atom. The molecule has 5 heteroatoms. The second-order valence-corrected chi connectivity index (χ2v) is 4.73. The maximum absolute atomic E-state index is 5.34. The fourth-order valence-electron chi connectivity index (χ4n) is 2.24. The molecule has 0 radical (unpaired) electrons. The van der Waals surface area contributed by atoms with Crippen molar-refractivity contribution < 1.29 is 9.47 Å². The Balaban J connectivity index is 2.02. The molecule has 0 saturated carbocycles. The summed E-state index contributed by atoms with van der Waals surface area (Å²) in [4.78, 5) is 2.40. The highest BCUT2D eigenvalue weighted by Gasteiger charge is 2.11. The summed E-state index contributed by atoms with van der Waals surface area (Å²) < 4.78 is 10.6. The first-order valence-corrected chi connectivity index (χ1v) is 6.64. The van der Waals surface area contributed by atoms with Crippen LogP contribution in [0.2, 0.25) is 0 Å². The van der Waals surface area contributed by atoms with E-state index in [1.807, 2.05) is 12.1 Å². The average molecular weight is 265 g/mol. The molecule has 2 rings (SSSR count). The molecular weight excluding hydrogens is 242 g/mol. The van der Waals surface area contributed by atoms with Gasteiger partial charge in [0.25, 0.3) is 0 Å². The standard InChI is InChI=1S/C14H23N3O2/c1-11-8-13(18-2)14(19-3)9-12(11)16-10-17-6-4-15-5-7-17/h8-9,15-16H,4-7,10H2,1-3H3. The van der Waals surface area contributed by atoms with E-state index in [2.05, 4.69) is 22.5 Å². The largest absolute Gasteiger partial charge is 0.493 e. The van der Waals surface area contributed by atoms with Gasteiger partial charge in [-0.2, -0.15) is 0 Å². The quantitative estimate of drug-likeness (QED) is 0.840. The van der Waals surface area contributed by atoms with Gasteiger partial charge in [-0.25, -0.2) is 0 Å². The predicted octanol–water partition coefficient (Wildman–Crippen LogP) is 1.29. The second kappa shape index (κ2) is 6.63. The molecule has 0 bridgehead atoms. The van der Waals surface area contributed by atoms with Gasteiger partial charge in [0.05, 0.1) is 20.9 Å². The number of nitrogens with zero attached hydrogens (tertiary/aromatic N) is 1. The molecule has 1 fully saturated rings. The van der Waals surface area contributed by atoms with Crippen LogP contribution in [0.25, 0.3) is 0 Å². The van der Waals surface area contributed by atoms with E-state index in [0.717, 1.165) is 55.6 Å². The van der Waals surface area contributed by atoms with Crippen LogP contribution in [0.5, 0.6) is 11.5 Å². The molecule has 1 aliphatic heterocycles. The summed E-state index contributed by atoms with van der Waals surface area (Å²) in [6.07, 6.45) is 0. The zero-order valence-corrected chi connectivity index (χ0v) is 12.0. The van der Waals surface area contributed by atoms with Crippen molar-refractivity contribution in [1.29, 1.82) is 0 Å². The molecule has 1 aromatic carbocycles. The van der Waals surface area contributed by atoms with Gasteiger partial charge in [0.1, 0.15) is 0 Å². The zero-order valence-electron chi connectivity index (χ0n) is 12.0. The third-order valence-corrected chi connectivity index (χ3v) is 3.43. The van der Waals surface area contributed by atoms with Gasteiger partial charge >= 0.3 is 0 Å². The Hall–Kier alpha value is -1.46. The van der Waals surface area contributed by atoms with Crippen LogP contribution >= 0.6 is 0 Å². The SMILES string of the molecule is COc1cc(C)c(NCN2CCNCC2)cc1OC. The number of anilines is 1. The van der Waals surface area contributed by atoms with Crippen molar-refractivity contribution in [2.75, 3.05) is 52.4 Å². The number of piperazine rings is 1. The number of hydrogen-bond donors (Lipinski definition) is 2. The molecule has 2 N–H and O–H groups in total. The van der Waals surface area contributed by atoms with Crippen LogP contribution in [0.4, 0.5) is 5.69 Å². The van der Waals surface area contributed by atoms with E-state index in [9.17, 15) is 0 Å². The maximum atomic E-state index is 5.34. The first kappa shape index (κ1) is 14.0. The topological polar surface area (TPSA) is 45.8 Å². The van der Waals surface area contributed by atoms with Crippen LogP contribution in [0.15, 0.2) is 12.1 Å². The number of rotatable bonds is 5. The fourth-order valence-corrected chi connectivity index (χ4v) is 2.24. The van der Waals surface area contributed by atoms with Crippen LogP contribution < -0.4 is 20.1 Å². The van der Waals surface area contributed by atoms with Gasteiger partial charge in [0.2, 0.25) is 0 Å². The number of nitrogens with one attached hydrogen (secondary N) is 2. The molecule has 0 aliphatic carbocycles. The molecule has 1 saturated heterocycles. The van der Waals surface area contributed by atoms with Gasteiger partial charge in [-0.3, -0.25) is 4.90 Å². The van der Waals surface area contributed by atoms with E-state index < -0.39 is 0 Å². The van der Waals surface area contributed by atoms with Crippen LogP contribution in [0.3, 0.4) is 0 Å². The van der Waals surface area contributed by atoms with Crippen molar-refractivity contribution in [3.8, 4) is 11.5 Å². The van der Waals surface area contributed by atoms with Gasteiger partial charge in [0.15, 0.2) is 11.5 Å². The lowest BCUT2D eigenvalue weighted by Crippen LogP contribution is -2.45. The van der Waals surface area contributed by atoms with Crippen molar-refractivity contribution in [3.63, 3.8) is 0 Å². The first-order valence-electron chi connectivity index (χ1n) is 6.64. The monoisotopic (exact) mass is 265 g/mol. The Morgan fingerprint density at radius 3 is 2.42 bits per heavy atom. The molecule has 0 amide bonds. The molecule has 0 unspecified atom stereocenters. The third kappa shape index (κ3) is 3.52. The molecule has 1 heterocycles. The highest BCUT2D eigenvalue weighted by atomic mass is 16.5. The van der Waals surface area contributed by atoms with Crippen molar-refractivity contribution in [3.05, 3.63) is 17.7 Å². The minimum absolute atomic E-state index is 0.760. The van der Waals surface area contributed by atoms with Gasteiger partial charge < -0.3 is 20.1 Å². The Kier molecular flexibility index (Phi) is 4.87. The summed E-state index contributed by atoms with van der Waals surface area (Å²) in [5.74, 6) is 1.53. The normalized spacial score (nSPS) is 16.2. The summed E-state index contributed by atoms with van der Waals surface area (Å²) in [6.45, 7) is 7.22. The van der Waals surface area contributed by atoms with Crippen LogP contribution in [0, 0.1) is 6.92 Å². The Bertz CT molecular complexity index is 417. The number of methoxy groups -OCH3 is 2. The van der Waals surface area contributed by atoms with E-state index in [1.165, 1.54) is 0 Å². The zero-order chi connectivity index (χ0) is 13.7. The lowest BCUT2D eigenvalue weighted by Gasteiger charge is -2.28. The maximum Gasteiger partial charge on any atom is 0.162 e. The van der Waals surface area contributed by atoms with E-state index >= 15 is 0 Å². The lowest BCUT2D eigenvalue weighted by molar-refractivity contribution is 0.256. The highest BCUT2D eigenvalue weighted by molar-refractivity contribution is 5.60. The van der Waals surface area contributed by atoms with Gasteiger partial charge in [-0.1, -0.05) is 0 Å². The van der Waals surface area contributed by atoms with Gasteiger partial charge in [0, 0.05) is 37.9 Å². The Morgan fingerprint density at radius 1 is 1.16 bits per heavy atom. The van der Waals surface area contributed by atoms with E-state index in [0.29, 0.717) is 0 Å². The first-order chi connectivity index (χ1) is 9.24. The van der Waals surface area contributed by atoms with Crippen molar-refractivity contribution in [2.24, 2.45) is 0 Å². The molecule has 5 nitrogen and oxygen atoms in total. The number of aryl methyl sites for hydroxylation is 1. The second-order valence-electron chi connectivity index (χ2n) is 4.73. The molecular formula is C14H23N3O2. The van der Waals surface area contributed by atoms with Crippen LogP contribution in [-0.2, 0) is 0 Å². The summed E-state index contributed by atoms with van der Waals surface area (Å²) >= 11 is 0. The van der Waals surface area contributed by atoms with Gasteiger partial charge in [-0.05, 0) is 18.6 Å². The molecule has 106 valence electrons. The average Bonchev–Trinajstić information content (AvgIpc) is 2.46. The van der Waals surface area contributed by atoms with Crippen molar-refractivity contribution in [2.45, 2.75) is 6.92 Å². The smallest absolute Gasteiger partial charge is 0.162 e. The minimum Gasteiger partial charge on any atom is -0.493 e. The van der Waals surface area contributed by atoms with Crippen molar-refractivity contribution in [1.82, 2.24) is 10.2 Å². The lowest BCUT2D eigenvalue weighted by atomic mass is 10.1. The fraction of sp³-hybridized carbons (Fsp3) is 0.571. The molecule has 1 aromatic rings.